The van der Waals surface area contributed by atoms with Crippen LogP contribution in [0.1, 0.15) is 16.8 Å². The number of pyridine rings is 1. The van der Waals surface area contributed by atoms with E-state index in [1.165, 1.54) is 11.1 Å². The summed E-state index contributed by atoms with van der Waals surface area (Å²) in [6, 6.07) is 14.4. The highest BCUT2D eigenvalue weighted by Gasteiger charge is 2.04. The van der Waals surface area contributed by atoms with Gasteiger partial charge in [0.25, 0.3) is 0 Å². The summed E-state index contributed by atoms with van der Waals surface area (Å²) in [7, 11) is 0. The van der Waals surface area contributed by atoms with Crippen LogP contribution < -0.4 is 5.32 Å². The van der Waals surface area contributed by atoms with Gasteiger partial charge in [0.05, 0.1) is 0 Å². The summed E-state index contributed by atoms with van der Waals surface area (Å²) in [5.41, 5.74) is 4.44. The molecular weight excluding hydrogens is 236 g/mol. The Kier molecular flexibility index (Phi) is 2.91. The monoisotopic (exact) mass is 252 g/mol. The number of benzene rings is 1. The van der Waals surface area contributed by atoms with E-state index in [1.807, 2.05) is 29.6 Å². The van der Waals surface area contributed by atoms with Gasteiger partial charge in [-0.2, -0.15) is 4.98 Å². The Morgan fingerprint density at radius 3 is 2.58 bits per heavy atom. The average Bonchev–Trinajstić information content (AvgIpc) is 2.83. The van der Waals surface area contributed by atoms with E-state index in [0.29, 0.717) is 5.95 Å². The second kappa shape index (κ2) is 4.72. The van der Waals surface area contributed by atoms with Gasteiger partial charge in [-0.1, -0.05) is 35.9 Å². The smallest absolute Gasteiger partial charge is 0.243 e. The Bertz CT molecular complexity index is 698. The normalized spacial score (nSPS) is 10.8. The van der Waals surface area contributed by atoms with Gasteiger partial charge in [-0.15, -0.1) is 5.10 Å². The maximum Gasteiger partial charge on any atom is 0.243 e. The molecule has 96 valence electrons. The van der Waals surface area contributed by atoms with Gasteiger partial charge < -0.3 is 5.32 Å². The number of rotatable bonds is 3. The fourth-order valence-electron chi connectivity index (χ4n) is 2.00. The maximum absolute atomic E-state index is 4.45. The molecule has 0 atom stereocenters. The number of nitrogens with zero attached hydrogens (tertiary/aromatic N) is 3. The SMILES string of the molecule is Cc1ccc(CNc2nc3cccc(C)n3n2)cc1. The first-order chi connectivity index (χ1) is 9.22. The van der Waals surface area contributed by atoms with Crippen LogP contribution in [-0.4, -0.2) is 14.6 Å². The molecule has 0 saturated carbocycles. The van der Waals surface area contributed by atoms with Crippen LogP contribution in [0.25, 0.3) is 5.65 Å². The second-order valence-electron chi connectivity index (χ2n) is 4.71. The van der Waals surface area contributed by atoms with Gasteiger partial charge in [0.2, 0.25) is 5.95 Å². The van der Waals surface area contributed by atoms with E-state index in [9.17, 15) is 0 Å². The van der Waals surface area contributed by atoms with Gasteiger partial charge in [0.1, 0.15) is 0 Å². The second-order valence-corrected chi connectivity index (χ2v) is 4.71. The van der Waals surface area contributed by atoms with Crippen LogP contribution in [0.4, 0.5) is 5.95 Å². The van der Waals surface area contributed by atoms with Gasteiger partial charge in [-0.25, -0.2) is 4.52 Å². The molecular formula is C15H16N4. The molecule has 3 rings (SSSR count). The van der Waals surface area contributed by atoms with Gasteiger partial charge >= 0.3 is 0 Å². The van der Waals surface area contributed by atoms with Crippen LogP contribution in [0.3, 0.4) is 0 Å². The van der Waals surface area contributed by atoms with Crippen molar-refractivity contribution >= 4 is 11.6 Å². The highest BCUT2D eigenvalue weighted by molar-refractivity contribution is 5.44. The summed E-state index contributed by atoms with van der Waals surface area (Å²) in [6.07, 6.45) is 0. The largest absolute Gasteiger partial charge is 0.349 e. The van der Waals surface area contributed by atoms with Crippen LogP contribution >= 0.6 is 0 Å². The number of aryl methyl sites for hydroxylation is 2. The number of aromatic nitrogens is 3. The number of hydrogen-bond acceptors (Lipinski definition) is 3. The molecule has 4 heteroatoms. The van der Waals surface area contributed by atoms with Crippen molar-refractivity contribution in [2.45, 2.75) is 20.4 Å². The Morgan fingerprint density at radius 1 is 1.05 bits per heavy atom. The van der Waals surface area contributed by atoms with Crippen LogP contribution in [0, 0.1) is 13.8 Å². The molecule has 0 spiro atoms. The summed E-state index contributed by atoms with van der Waals surface area (Å²) < 4.78 is 1.84. The first-order valence-electron chi connectivity index (χ1n) is 6.34. The number of nitrogens with one attached hydrogen (secondary N) is 1. The minimum absolute atomic E-state index is 0.662. The van der Waals surface area contributed by atoms with Gasteiger partial charge in [0.15, 0.2) is 5.65 Å². The van der Waals surface area contributed by atoms with Crippen molar-refractivity contribution in [2.75, 3.05) is 5.32 Å². The summed E-state index contributed by atoms with van der Waals surface area (Å²) in [6.45, 7) is 4.84. The molecule has 19 heavy (non-hydrogen) atoms. The van der Waals surface area contributed by atoms with E-state index in [-0.39, 0.29) is 0 Å². The molecule has 3 aromatic rings. The molecule has 0 bridgehead atoms. The molecule has 0 aliphatic carbocycles. The maximum atomic E-state index is 4.45. The average molecular weight is 252 g/mol. The van der Waals surface area contributed by atoms with E-state index in [1.54, 1.807) is 0 Å². The predicted octanol–water partition coefficient (Wildman–Crippen LogP) is 2.96. The van der Waals surface area contributed by atoms with E-state index < -0.39 is 0 Å². The van der Waals surface area contributed by atoms with Crippen LogP contribution in [-0.2, 0) is 6.54 Å². The molecule has 2 heterocycles. The molecule has 4 nitrogen and oxygen atoms in total. The lowest BCUT2D eigenvalue weighted by Crippen LogP contribution is -2.01. The zero-order valence-electron chi connectivity index (χ0n) is 11.1. The zero-order valence-corrected chi connectivity index (χ0v) is 11.1. The van der Waals surface area contributed by atoms with Gasteiger partial charge in [-0.05, 0) is 31.5 Å². The Labute approximate surface area is 112 Å². The van der Waals surface area contributed by atoms with Gasteiger partial charge in [0, 0.05) is 12.2 Å². The molecule has 0 radical (unpaired) electrons. The van der Waals surface area contributed by atoms with Crippen molar-refractivity contribution in [3.05, 3.63) is 59.3 Å². The quantitative estimate of drug-likeness (QED) is 0.779. The lowest BCUT2D eigenvalue weighted by atomic mass is 10.1. The molecule has 2 aromatic heterocycles. The minimum atomic E-state index is 0.662. The number of anilines is 1. The van der Waals surface area contributed by atoms with Crippen LogP contribution in [0.5, 0.6) is 0 Å². The highest BCUT2D eigenvalue weighted by atomic mass is 15.3. The Morgan fingerprint density at radius 2 is 1.84 bits per heavy atom. The summed E-state index contributed by atoms with van der Waals surface area (Å²) in [4.78, 5) is 4.45. The Balaban J connectivity index is 1.78. The molecule has 1 aromatic carbocycles. The van der Waals surface area contributed by atoms with Crippen LogP contribution in [0.15, 0.2) is 42.5 Å². The van der Waals surface area contributed by atoms with E-state index in [4.69, 9.17) is 0 Å². The molecule has 0 aliphatic rings. The van der Waals surface area contributed by atoms with Gasteiger partial charge in [-0.3, -0.25) is 0 Å². The fraction of sp³-hybridized carbons (Fsp3) is 0.200. The third-order valence-electron chi connectivity index (χ3n) is 3.12. The highest BCUT2D eigenvalue weighted by Crippen LogP contribution is 2.10. The number of hydrogen-bond donors (Lipinski definition) is 1. The fourth-order valence-corrected chi connectivity index (χ4v) is 2.00. The van der Waals surface area contributed by atoms with Crippen LogP contribution in [0.2, 0.25) is 0 Å². The standard InChI is InChI=1S/C15H16N4/c1-11-6-8-13(9-7-11)10-16-15-17-14-5-3-4-12(2)19(14)18-15/h3-9H,10H2,1-2H3,(H,16,18). The van der Waals surface area contributed by atoms with Crippen molar-refractivity contribution in [3.8, 4) is 0 Å². The third-order valence-corrected chi connectivity index (χ3v) is 3.12. The predicted molar refractivity (Wildman–Crippen MR) is 76.2 cm³/mol. The van der Waals surface area contributed by atoms with E-state index in [0.717, 1.165) is 17.9 Å². The zero-order chi connectivity index (χ0) is 13.2. The molecule has 0 unspecified atom stereocenters. The topological polar surface area (TPSA) is 42.2 Å². The summed E-state index contributed by atoms with van der Waals surface area (Å²) in [5, 5.41) is 7.69. The first-order valence-corrected chi connectivity index (χ1v) is 6.34. The van der Waals surface area contributed by atoms with Crippen molar-refractivity contribution in [1.29, 1.82) is 0 Å². The van der Waals surface area contributed by atoms with E-state index in [2.05, 4.69) is 46.6 Å². The molecule has 0 aliphatic heterocycles. The molecule has 1 N–H and O–H groups in total. The van der Waals surface area contributed by atoms with Crippen molar-refractivity contribution < 1.29 is 0 Å². The first kappa shape index (κ1) is 11.7. The molecule has 0 fully saturated rings. The molecule has 0 amide bonds. The van der Waals surface area contributed by atoms with Crippen molar-refractivity contribution in [1.82, 2.24) is 14.6 Å². The minimum Gasteiger partial charge on any atom is -0.349 e. The van der Waals surface area contributed by atoms with Crippen molar-refractivity contribution in [3.63, 3.8) is 0 Å². The number of fused-ring (bicyclic) bond motifs is 1. The van der Waals surface area contributed by atoms with Crippen molar-refractivity contribution in [2.24, 2.45) is 0 Å². The molecule has 0 saturated heterocycles. The lowest BCUT2D eigenvalue weighted by molar-refractivity contribution is 0.909. The summed E-state index contributed by atoms with van der Waals surface area (Å²) in [5.74, 6) is 0.662. The lowest BCUT2D eigenvalue weighted by Gasteiger charge is -2.02. The third kappa shape index (κ3) is 2.42. The summed E-state index contributed by atoms with van der Waals surface area (Å²) >= 11 is 0. The van der Waals surface area contributed by atoms with E-state index >= 15 is 0 Å². The Hall–Kier alpha value is -2.36.